The molecule has 4 heteroatoms. The van der Waals surface area contributed by atoms with E-state index in [0.717, 1.165) is 28.0 Å². The summed E-state index contributed by atoms with van der Waals surface area (Å²) in [5.41, 5.74) is 3.62. The lowest BCUT2D eigenvalue weighted by Gasteiger charge is -2.23. The van der Waals surface area contributed by atoms with Gasteiger partial charge in [-0.15, -0.1) is 0 Å². The molecular formula is C13H18BrClO2. The number of aliphatic hydroxyl groups excluding tert-OH is 1. The van der Waals surface area contributed by atoms with Gasteiger partial charge in [0.25, 0.3) is 0 Å². The first-order valence-corrected chi connectivity index (χ1v) is 6.77. The van der Waals surface area contributed by atoms with Crippen molar-refractivity contribution in [3.63, 3.8) is 0 Å². The smallest absolute Gasteiger partial charge is 0.128 e. The average molecular weight is 322 g/mol. The van der Waals surface area contributed by atoms with E-state index in [-0.39, 0.29) is 4.83 Å². The normalized spacial score (nSPS) is 14.6. The highest BCUT2D eigenvalue weighted by molar-refractivity contribution is 9.09. The van der Waals surface area contributed by atoms with Crippen LogP contribution in [-0.4, -0.2) is 17.0 Å². The number of hydrogen-bond acceptors (Lipinski definition) is 2. The van der Waals surface area contributed by atoms with Gasteiger partial charge in [-0.1, -0.05) is 27.5 Å². The van der Waals surface area contributed by atoms with Crippen LogP contribution in [0.25, 0.3) is 0 Å². The van der Waals surface area contributed by atoms with Gasteiger partial charge < -0.3 is 9.84 Å². The standard InChI is InChI=1S/C13H18BrClO2/c1-6-7(2)13(17-5)10(8(3)11(6)15)12(16)9(4)14/h9,12,16H,1-5H3. The van der Waals surface area contributed by atoms with E-state index in [1.807, 2.05) is 27.7 Å². The van der Waals surface area contributed by atoms with Gasteiger partial charge in [0.1, 0.15) is 5.75 Å². The molecule has 0 aliphatic heterocycles. The first kappa shape index (κ1) is 14.8. The maximum absolute atomic E-state index is 10.2. The molecule has 2 unspecified atom stereocenters. The molecule has 1 aromatic rings. The minimum atomic E-state index is -0.637. The molecule has 0 saturated heterocycles. The summed E-state index contributed by atoms with van der Waals surface area (Å²) in [6, 6.07) is 0. The lowest BCUT2D eigenvalue weighted by molar-refractivity contribution is 0.176. The van der Waals surface area contributed by atoms with E-state index in [9.17, 15) is 5.11 Å². The molecular weight excluding hydrogens is 303 g/mol. The third-order valence-corrected chi connectivity index (χ3v) is 4.21. The van der Waals surface area contributed by atoms with Crippen LogP contribution in [0, 0.1) is 20.8 Å². The number of ether oxygens (including phenoxy) is 1. The third-order valence-electron chi connectivity index (χ3n) is 3.15. The van der Waals surface area contributed by atoms with Crippen LogP contribution in [0.1, 0.15) is 35.3 Å². The average Bonchev–Trinajstić information content (AvgIpc) is 2.29. The van der Waals surface area contributed by atoms with Crippen molar-refractivity contribution in [3.05, 3.63) is 27.3 Å². The zero-order valence-corrected chi connectivity index (χ0v) is 13.1. The Labute approximate surface area is 116 Å². The second kappa shape index (κ2) is 5.59. The molecule has 0 heterocycles. The van der Waals surface area contributed by atoms with Crippen molar-refractivity contribution in [2.24, 2.45) is 0 Å². The lowest BCUT2D eigenvalue weighted by atomic mass is 9.94. The molecule has 0 aliphatic rings. The summed E-state index contributed by atoms with van der Waals surface area (Å²) in [5, 5.41) is 10.9. The Morgan fingerprint density at radius 2 is 1.71 bits per heavy atom. The summed E-state index contributed by atoms with van der Waals surface area (Å²) in [4.78, 5) is -0.0618. The Morgan fingerprint density at radius 1 is 1.18 bits per heavy atom. The quantitative estimate of drug-likeness (QED) is 0.850. The fraction of sp³-hybridized carbons (Fsp3) is 0.538. The second-order valence-electron chi connectivity index (χ2n) is 4.26. The van der Waals surface area contributed by atoms with Gasteiger partial charge in [0.05, 0.1) is 13.2 Å². The van der Waals surface area contributed by atoms with Crippen LogP contribution in [0.15, 0.2) is 0 Å². The van der Waals surface area contributed by atoms with Gasteiger partial charge in [-0.3, -0.25) is 0 Å². The number of rotatable bonds is 3. The maximum atomic E-state index is 10.2. The Kier molecular flexibility index (Phi) is 4.87. The monoisotopic (exact) mass is 320 g/mol. The number of benzene rings is 1. The number of alkyl halides is 1. The first-order chi connectivity index (χ1) is 7.82. The summed E-state index contributed by atoms with van der Waals surface area (Å²) < 4.78 is 5.42. The lowest BCUT2D eigenvalue weighted by Crippen LogP contribution is -2.13. The van der Waals surface area contributed by atoms with Crippen molar-refractivity contribution < 1.29 is 9.84 Å². The SMILES string of the molecule is COc1c(C)c(C)c(Cl)c(C)c1C(O)C(C)Br. The van der Waals surface area contributed by atoms with Crippen LogP contribution in [0.4, 0.5) is 0 Å². The van der Waals surface area contributed by atoms with Crippen LogP contribution in [0.2, 0.25) is 5.02 Å². The molecule has 2 atom stereocenters. The summed E-state index contributed by atoms with van der Waals surface area (Å²) in [7, 11) is 1.62. The molecule has 0 amide bonds. The van der Waals surface area contributed by atoms with Crippen molar-refractivity contribution >= 4 is 27.5 Å². The van der Waals surface area contributed by atoms with Crippen molar-refractivity contribution in [3.8, 4) is 5.75 Å². The van der Waals surface area contributed by atoms with E-state index in [4.69, 9.17) is 16.3 Å². The number of hydrogen-bond donors (Lipinski definition) is 1. The van der Waals surface area contributed by atoms with E-state index in [1.54, 1.807) is 7.11 Å². The highest BCUT2D eigenvalue weighted by atomic mass is 79.9. The zero-order chi connectivity index (χ0) is 13.3. The molecule has 0 aromatic heterocycles. The molecule has 96 valence electrons. The number of aliphatic hydroxyl groups is 1. The summed E-state index contributed by atoms with van der Waals surface area (Å²) >= 11 is 9.68. The van der Waals surface area contributed by atoms with Gasteiger partial charge in [-0.25, -0.2) is 0 Å². The van der Waals surface area contributed by atoms with E-state index < -0.39 is 6.10 Å². The molecule has 2 nitrogen and oxygen atoms in total. The molecule has 17 heavy (non-hydrogen) atoms. The van der Waals surface area contributed by atoms with Gasteiger partial charge in [-0.2, -0.15) is 0 Å². The number of methoxy groups -OCH3 is 1. The Hall–Kier alpha value is -0.250. The van der Waals surface area contributed by atoms with Gasteiger partial charge in [0.2, 0.25) is 0 Å². The van der Waals surface area contributed by atoms with Crippen molar-refractivity contribution in [1.82, 2.24) is 0 Å². The highest BCUT2D eigenvalue weighted by Gasteiger charge is 2.25. The molecule has 1 N–H and O–H groups in total. The fourth-order valence-electron chi connectivity index (χ4n) is 1.96. The summed E-state index contributed by atoms with van der Waals surface area (Å²) in [6.07, 6.45) is -0.637. The third kappa shape index (κ3) is 2.61. The molecule has 0 bridgehead atoms. The predicted octanol–water partition coefficient (Wildman–Crippen LogP) is 4.09. The Bertz CT molecular complexity index is 430. The van der Waals surface area contributed by atoms with Gasteiger partial charge in [-0.05, 0) is 44.4 Å². The zero-order valence-electron chi connectivity index (χ0n) is 10.8. The van der Waals surface area contributed by atoms with Crippen LogP contribution in [-0.2, 0) is 0 Å². The van der Waals surface area contributed by atoms with E-state index >= 15 is 0 Å². The molecule has 0 spiro atoms. The molecule has 1 rings (SSSR count). The first-order valence-electron chi connectivity index (χ1n) is 5.48. The molecule has 1 aromatic carbocycles. The summed E-state index contributed by atoms with van der Waals surface area (Å²) in [6.45, 7) is 7.72. The molecule has 0 aliphatic carbocycles. The van der Waals surface area contributed by atoms with E-state index in [2.05, 4.69) is 15.9 Å². The minimum absolute atomic E-state index is 0.0618. The molecule has 0 radical (unpaired) electrons. The van der Waals surface area contributed by atoms with Gasteiger partial charge in [0, 0.05) is 15.4 Å². The second-order valence-corrected chi connectivity index (χ2v) is 6.08. The van der Waals surface area contributed by atoms with Crippen LogP contribution in [0.3, 0.4) is 0 Å². The van der Waals surface area contributed by atoms with E-state index in [1.165, 1.54) is 0 Å². The van der Waals surface area contributed by atoms with Crippen molar-refractivity contribution in [1.29, 1.82) is 0 Å². The largest absolute Gasteiger partial charge is 0.496 e. The van der Waals surface area contributed by atoms with Gasteiger partial charge in [0.15, 0.2) is 0 Å². The van der Waals surface area contributed by atoms with Crippen molar-refractivity contribution in [2.75, 3.05) is 7.11 Å². The van der Waals surface area contributed by atoms with Gasteiger partial charge >= 0.3 is 0 Å². The van der Waals surface area contributed by atoms with Crippen LogP contribution in [0.5, 0.6) is 5.75 Å². The molecule has 0 saturated carbocycles. The van der Waals surface area contributed by atoms with Crippen LogP contribution >= 0.6 is 27.5 Å². The van der Waals surface area contributed by atoms with Crippen LogP contribution < -0.4 is 4.74 Å². The van der Waals surface area contributed by atoms with Crippen molar-refractivity contribution in [2.45, 2.75) is 38.6 Å². The number of halogens is 2. The topological polar surface area (TPSA) is 29.5 Å². The Balaban J connectivity index is 3.58. The fourth-order valence-corrected chi connectivity index (χ4v) is 2.46. The highest BCUT2D eigenvalue weighted by Crippen LogP contribution is 2.40. The Morgan fingerprint density at radius 3 is 2.12 bits per heavy atom. The molecule has 0 fully saturated rings. The minimum Gasteiger partial charge on any atom is -0.496 e. The summed E-state index contributed by atoms with van der Waals surface area (Å²) in [5.74, 6) is 0.725. The predicted molar refractivity (Wildman–Crippen MR) is 75.6 cm³/mol. The maximum Gasteiger partial charge on any atom is 0.128 e. The van der Waals surface area contributed by atoms with E-state index in [0.29, 0.717) is 5.02 Å².